The molecule has 0 bridgehead atoms. The number of phenolic OH excluding ortho intramolecular Hbond substituents is 1. The molecule has 0 radical (unpaired) electrons. The zero-order valence-corrected chi connectivity index (χ0v) is 13.4. The third kappa shape index (κ3) is 3.28. The maximum Gasteiger partial charge on any atom is 0.419 e. The molecule has 1 aromatic heterocycles. The zero-order valence-electron chi connectivity index (χ0n) is 12.5. The van der Waals surface area contributed by atoms with Crippen molar-refractivity contribution in [3.63, 3.8) is 0 Å². The molecule has 124 valence electrons. The van der Waals surface area contributed by atoms with E-state index in [1.54, 1.807) is 12.1 Å². The van der Waals surface area contributed by atoms with Crippen molar-refractivity contribution in [1.82, 2.24) is 4.57 Å². The van der Waals surface area contributed by atoms with E-state index in [-0.39, 0.29) is 11.4 Å². The van der Waals surface area contributed by atoms with E-state index in [0.717, 1.165) is 4.90 Å². The van der Waals surface area contributed by atoms with Crippen LogP contribution in [0.5, 0.6) is 5.75 Å². The number of para-hydroxylation sites is 1. The number of non-ortho nitro benzene ring substituents is 1. The van der Waals surface area contributed by atoms with E-state index in [2.05, 4.69) is 0 Å². The SMILES string of the molecule is O=c1oc2ccc([N+](=O)[O-])cc2n1CCCSc1ccccc1O. The van der Waals surface area contributed by atoms with Gasteiger partial charge in [0.15, 0.2) is 5.58 Å². The fraction of sp³-hybridized carbons (Fsp3) is 0.188. The van der Waals surface area contributed by atoms with E-state index in [1.807, 2.05) is 12.1 Å². The zero-order chi connectivity index (χ0) is 17.1. The minimum Gasteiger partial charge on any atom is -0.507 e. The van der Waals surface area contributed by atoms with Crippen LogP contribution >= 0.6 is 11.8 Å². The molecule has 3 rings (SSSR count). The summed E-state index contributed by atoms with van der Waals surface area (Å²) in [5.41, 5.74) is 0.668. The van der Waals surface area contributed by atoms with E-state index in [1.165, 1.54) is 34.5 Å². The predicted molar refractivity (Wildman–Crippen MR) is 90.6 cm³/mol. The number of rotatable bonds is 6. The summed E-state index contributed by atoms with van der Waals surface area (Å²) in [7, 11) is 0. The van der Waals surface area contributed by atoms with Crippen molar-refractivity contribution in [1.29, 1.82) is 0 Å². The lowest BCUT2D eigenvalue weighted by Gasteiger charge is -2.04. The van der Waals surface area contributed by atoms with Crippen LogP contribution in [-0.2, 0) is 6.54 Å². The van der Waals surface area contributed by atoms with E-state index < -0.39 is 10.7 Å². The molecule has 0 fully saturated rings. The van der Waals surface area contributed by atoms with Crippen LogP contribution in [0.3, 0.4) is 0 Å². The van der Waals surface area contributed by atoms with Gasteiger partial charge in [-0.05, 0) is 30.4 Å². The number of phenols is 1. The Morgan fingerprint density at radius 3 is 2.79 bits per heavy atom. The fourth-order valence-corrected chi connectivity index (χ4v) is 3.24. The highest BCUT2D eigenvalue weighted by atomic mass is 32.2. The molecule has 0 amide bonds. The van der Waals surface area contributed by atoms with Crippen molar-refractivity contribution in [2.45, 2.75) is 17.9 Å². The number of aryl methyl sites for hydroxylation is 1. The highest BCUT2D eigenvalue weighted by Crippen LogP contribution is 2.28. The van der Waals surface area contributed by atoms with Crippen LogP contribution in [0.2, 0.25) is 0 Å². The van der Waals surface area contributed by atoms with Crippen LogP contribution in [0.25, 0.3) is 11.1 Å². The van der Waals surface area contributed by atoms with Gasteiger partial charge < -0.3 is 9.52 Å². The van der Waals surface area contributed by atoms with Gasteiger partial charge in [0.25, 0.3) is 5.69 Å². The molecule has 0 saturated carbocycles. The quantitative estimate of drug-likeness (QED) is 0.318. The topological polar surface area (TPSA) is 98.5 Å². The molecule has 2 aromatic carbocycles. The van der Waals surface area contributed by atoms with Gasteiger partial charge >= 0.3 is 5.76 Å². The molecule has 0 saturated heterocycles. The number of oxazole rings is 1. The van der Waals surface area contributed by atoms with Gasteiger partial charge in [-0.25, -0.2) is 4.79 Å². The average molecular weight is 346 g/mol. The molecule has 24 heavy (non-hydrogen) atoms. The molecular formula is C16H14N2O5S. The first kappa shape index (κ1) is 16.1. The number of thioether (sulfide) groups is 1. The lowest BCUT2D eigenvalue weighted by Crippen LogP contribution is -2.14. The fourth-order valence-electron chi connectivity index (χ4n) is 2.36. The predicted octanol–water partition coefficient (Wildman–Crippen LogP) is 3.39. The van der Waals surface area contributed by atoms with Crippen molar-refractivity contribution in [2.24, 2.45) is 0 Å². The molecule has 1 N–H and O–H groups in total. The van der Waals surface area contributed by atoms with Crippen molar-refractivity contribution in [2.75, 3.05) is 5.75 Å². The Hall–Kier alpha value is -2.74. The Balaban J connectivity index is 1.72. The number of nitro benzene ring substituents is 1. The number of aromatic nitrogens is 1. The average Bonchev–Trinajstić information content (AvgIpc) is 2.87. The Bertz CT molecular complexity index is 947. The first-order valence-electron chi connectivity index (χ1n) is 7.25. The number of aromatic hydroxyl groups is 1. The summed E-state index contributed by atoms with van der Waals surface area (Å²) in [5.74, 6) is 0.383. The van der Waals surface area contributed by atoms with Crippen LogP contribution in [0.15, 0.2) is 56.6 Å². The lowest BCUT2D eigenvalue weighted by atomic mass is 10.3. The summed E-state index contributed by atoms with van der Waals surface area (Å²) in [4.78, 5) is 23.1. The molecule has 7 nitrogen and oxygen atoms in total. The van der Waals surface area contributed by atoms with Gasteiger partial charge in [0.05, 0.1) is 10.4 Å². The summed E-state index contributed by atoms with van der Waals surface area (Å²) in [6, 6.07) is 11.1. The van der Waals surface area contributed by atoms with Crippen molar-refractivity contribution >= 4 is 28.5 Å². The largest absolute Gasteiger partial charge is 0.507 e. The number of benzene rings is 2. The third-order valence-electron chi connectivity index (χ3n) is 3.51. The normalized spacial score (nSPS) is 11.0. The Morgan fingerprint density at radius 2 is 2.04 bits per heavy atom. The molecule has 8 heteroatoms. The minimum absolute atomic E-state index is 0.0827. The molecule has 0 aliphatic carbocycles. The van der Waals surface area contributed by atoms with Gasteiger partial charge in [-0.2, -0.15) is 0 Å². The molecule has 0 aliphatic heterocycles. The molecule has 0 atom stereocenters. The third-order valence-corrected chi connectivity index (χ3v) is 4.66. The monoisotopic (exact) mass is 346 g/mol. The van der Waals surface area contributed by atoms with Crippen LogP contribution < -0.4 is 5.76 Å². The lowest BCUT2D eigenvalue weighted by molar-refractivity contribution is -0.384. The van der Waals surface area contributed by atoms with Crippen molar-refractivity contribution in [3.8, 4) is 5.75 Å². The first-order chi connectivity index (χ1) is 11.6. The van der Waals surface area contributed by atoms with Gasteiger partial charge in [0.2, 0.25) is 0 Å². The number of fused-ring (bicyclic) bond motifs is 1. The second kappa shape index (κ2) is 6.79. The van der Waals surface area contributed by atoms with E-state index in [0.29, 0.717) is 29.8 Å². The summed E-state index contributed by atoms with van der Waals surface area (Å²) >= 11 is 1.48. The van der Waals surface area contributed by atoms with E-state index in [9.17, 15) is 20.0 Å². The maximum absolute atomic E-state index is 11.9. The first-order valence-corrected chi connectivity index (χ1v) is 8.23. The van der Waals surface area contributed by atoms with Gasteiger partial charge in [-0.15, -0.1) is 11.8 Å². The van der Waals surface area contributed by atoms with Gasteiger partial charge in [0.1, 0.15) is 5.75 Å². The Labute approximate surface area is 140 Å². The van der Waals surface area contributed by atoms with Crippen molar-refractivity contribution in [3.05, 3.63) is 63.1 Å². The molecular weight excluding hydrogens is 332 g/mol. The summed E-state index contributed by atoms with van der Waals surface area (Å²) < 4.78 is 6.50. The van der Waals surface area contributed by atoms with Crippen LogP contribution in [0.4, 0.5) is 5.69 Å². The minimum atomic E-state index is -0.530. The summed E-state index contributed by atoms with van der Waals surface area (Å²) in [5, 5.41) is 20.6. The standard InChI is InChI=1S/C16H14N2O5S/c19-13-4-1-2-5-15(13)24-9-3-8-17-12-10-11(18(21)22)6-7-14(12)23-16(17)20/h1-2,4-7,10,19H,3,8-9H2. The highest BCUT2D eigenvalue weighted by Gasteiger charge is 2.14. The van der Waals surface area contributed by atoms with Gasteiger partial charge in [-0.1, -0.05) is 12.1 Å². The molecule has 0 aliphatic rings. The van der Waals surface area contributed by atoms with Crippen LogP contribution in [0.1, 0.15) is 6.42 Å². The number of nitrogens with zero attached hydrogens (tertiary/aromatic N) is 2. The second-order valence-corrected chi connectivity index (χ2v) is 6.24. The van der Waals surface area contributed by atoms with Crippen LogP contribution in [-0.4, -0.2) is 20.3 Å². The van der Waals surface area contributed by atoms with Gasteiger partial charge in [-0.3, -0.25) is 14.7 Å². The summed E-state index contributed by atoms with van der Waals surface area (Å²) in [6.07, 6.45) is 0.649. The van der Waals surface area contributed by atoms with Gasteiger partial charge in [0, 0.05) is 23.6 Å². The summed E-state index contributed by atoms with van der Waals surface area (Å²) in [6.45, 7) is 0.383. The number of nitro groups is 1. The van der Waals surface area contributed by atoms with Crippen LogP contribution in [0, 0.1) is 10.1 Å². The van der Waals surface area contributed by atoms with Crippen molar-refractivity contribution < 1.29 is 14.4 Å². The maximum atomic E-state index is 11.9. The molecule has 1 heterocycles. The number of hydrogen-bond donors (Lipinski definition) is 1. The highest BCUT2D eigenvalue weighted by molar-refractivity contribution is 7.99. The second-order valence-electron chi connectivity index (χ2n) is 5.10. The van der Waals surface area contributed by atoms with E-state index >= 15 is 0 Å². The smallest absolute Gasteiger partial charge is 0.419 e. The molecule has 3 aromatic rings. The van der Waals surface area contributed by atoms with E-state index in [4.69, 9.17) is 4.42 Å². The Morgan fingerprint density at radius 1 is 1.25 bits per heavy atom. The molecule has 0 unspecified atom stereocenters. The Kier molecular flexibility index (Phi) is 4.57. The molecule has 0 spiro atoms. The number of hydrogen-bond acceptors (Lipinski definition) is 6.